The lowest BCUT2D eigenvalue weighted by atomic mass is 9.80. The van der Waals surface area contributed by atoms with Crippen LogP contribution in [-0.2, 0) is 6.54 Å². The minimum absolute atomic E-state index is 0.119. The van der Waals surface area contributed by atoms with Gasteiger partial charge in [-0.3, -0.25) is 15.6 Å². The average Bonchev–Trinajstić information content (AvgIpc) is 3.29. The Kier molecular flexibility index (Phi) is 6.13. The van der Waals surface area contributed by atoms with E-state index in [1.165, 1.54) is 5.56 Å². The Morgan fingerprint density at radius 1 is 1.17 bits per heavy atom. The topological polar surface area (TPSA) is 79.6 Å². The number of ether oxygens (including phenoxy) is 1. The minimum atomic E-state index is 0.119. The molecule has 154 valence electrons. The number of rotatable bonds is 5. The highest BCUT2D eigenvalue weighted by Crippen LogP contribution is 2.33. The van der Waals surface area contributed by atoms with E-state index < -0.39 is 0 Å². The van der Waals surface area contributed by atoms with E-state index in [9.17, 15) is 4.79 Å². The van der Waals surface area contributed by atoms with Crippen molar-refractivity contribution in [2.75, 3.05) is 26.7 Å². The predicted octanol–water partition coefficient (Wildman–Crippen LogP) is 2.27. The third-order valence-electron chi connectivity index (χ3n) is 6.32. The number of likely N-dealkylation sites (tertiary alicyclic amines) is 1. The highest BCUT2D eigenvalue weighted by atomic mass is 16.5. The number of nitrogens with zero attached hydrogens (tertiary/aromatic N) is 1. The van der Waals surface area contributed by atoms with Crippen molar-refractivity contribution in [1.82, 2.24) is 15.8 Å². The summed E-state index contributed by atoms with van der Waals surface area (Å²) in [7, 11) is 1.71. The van der Waals surface area contributed by atoms with Gasteiger partial charge in [0.1, 0.15) is 5.75 Å². The molecule has 0 radical (unpaired) electrons. The first-order valence-electron chi connectivity index (χ1n) is 10.4. The normalized spacial score (nSPS) is 22.6. The maximum Gasteiger partial charge on any atom is 0.253 e. The van der Waals surface area contributed by atoms with Crippen molar-refractivity contribution < 1.29 is 9.53 Å². The zero-order valence-electron chi connectivity index (χ0n) is 16.9. The van der Waals surface area contributed by atoms with E-state index in [-0.39, 0.29) is 5.91 Å². The molecule has 0 aliphatic carbocycles. The summed E-state index contributed by atoms with van der Waals surface area (Å²) >= 11 is 0. The molecule has 2 unspecified atom stereocenters. The van der Waals surface area contributed by atoms with Gasteiger partial charge in [0.15, 0.2) is 0 Å². The fourth-order valence-corrected chi connectivity index (χ4v) is 4.59. The van der Waals surface area contributed by atoms with Crippen molar-refractivity contribution in [3.05, 3.63) is 65.2 Å². The number of piperidine rings is 1. The van der Waals surface area contributed by atoms with Gasteiger partial charge in [-0.25, -0.2) is 0 Å². The van der Waals surface area contributed by atoms with Gasteiger partial charge in [0.25, 0.3) is 5.91 Å². The summed E-state index contributed by atoms with van der Waals surface area (Å²) in [5.74, 6) is 1.95. The van der Waals surface area contributed by atoms with Crippen LogP contribution in [0.1, 0.15) is 40.2 Å². The standard InChI is InChI=1S/C23H30N4O2/c1-29-20-4-2-3-19(13-20)21-15-25-26-22(21)17-9-11-27(12-10-17)23(28)18-7-5-16(14-24)6-8-18/h2-8,13,17,21-22,25-26H,9-12,14-15,24H2,1H3. The molecule has 4 rings (SSSR count). The molecule has 0 aromatic heterocycles. The second kappa shape index (κ2) is 8.95. The zero-order valence-corrected chi connectivity index (χ0v) is 16.9. The van der Waals surface area contributed by atoms with Crippen LogP contribution < -0.4 is 21.3 Å². The van der Waals surface area contributed by atoms with Crippen LogP contribution >= 0.6 is 0 Å². The van der Waals surface area contributed by atoms with Crippen LogP contribution in [0.25, 0.3) is 0 Å². The summed E-state index contributed by atoms with van der Waals surface area (Å²) in [6, 6.07) is 16.4. The summed E-state index contributed by atoms with van der Waals surface area (Å²) in [5.41, 5.74) is 15.6. The molecule has 2 aromatic carbocycles. The highest BCUT2D eigenvalue weighted by Gasteiger charge is 2.37. The Morgan fingerprint density at radius 3 is 2.62 bits per heavy atom. The van der Waals surface area contributed by atoms with Crippen molar-refractivity contribution in [3.63, 3.8) is 0 Å². The highest BCUT2D eigenvalue weighted by molar-refractivity contribution is 5.94. The molecule has 29 heavy (non-hydrogen) atoms. The largest absolute Gasteiger partial charge is 0.497 e. The number of amides is 1. The monoisotopic (exact) mass is 394 g/mol. The minimum Gasteiger partial charge on any atom is -0.497 e. The van der Waals surface area contributed by atoms with Gasteiger partial charge in [-0.05, 0) is 54.2 Å². The molecule has 2 saturated heterocycles. The summed E-state index contributed by atoms with van der Waals surface area (Å²) in [4.78, 5) is 14.8. The average molecular weight is 395 g/mol. The second-order valence-corrected chi connectivity index (χ2v) is 7.96. The molecule has 6 heteroatoms. The van der Waals surface area contributed by atoms with Crippen molar-refractivity contribution in [2.24, 2.45) is 11.7 Å². The number of hydrazine groups is 1. The zero-order chi connectivity index (χ0) is 20.2. The van der Waals surface area contributed by atoms with Crippen LogP contribution in [0.3, 0.4) is 0 Å². The van der Waals surface area contributed by atoms with E-state index in [2.05, 4.69) is 29.1 Å². The predicted molar refractivity (Wildman–Crippen MR) is 114 cm³/mol. The van der Waals surface area contributed by atoms with Crippen LogP contribution in [0.5, 0.6) is 5.75 Å². The molecular formula is C23H30N4O2. The third kappa shape index (κ3) is 4.29. The maximum atomic E-state index is 12.8. The van der Waals surface area contributed by atoms with E-state index in [4.69, 9.17) is 10.5 Å². The van der Waals surface area contributed by atoms with Crippen LogP contribution in [0, 0.1) is 5.92 Å². The van der Waals surface area contributed by atoms with E-state index in [1.807, 2.05) is 35.2 Å². The summed E-state index contributed by atoms with van der Waals surface area (Å²) < 4.78 is 5.40. The first-order chi connectivity index (χ1) is 14.2. The molecule has 4 N–H and O–H groups in total. The molecule has 2 atom stereocenters. The number of carbonyl (C=O) groups excluding carboxylic acids is 1. The SMILES string of the molecule is COc1cccc(C2CNNC2C2CCN(C(=O)c3ccc(CN)cc3)CC2)c1. The molecule has 2 aromatic rings. The number of hydrogen-bond acceptors (Lipinski definition) is 5. The van der Waals surface area contributed by atoms with Crippen molar-refractivity contribution in [1.29, 1.82) is 0 Å². The second-order valence-electron chi connectivity index (χ2n) is 7.96. The lowest BCUT2D eigenvalue weighted by Gasteiger charge is -2.36. The Labute approximate surface area is 172 Å². The van der Waals surface area contributed by atoms with E-state index in [0.717, 1.165) is 49.4 Å². The quantitative estimate of drug-likeness (QED) is 0.725. The van der Waals surface area contributed by atoms with E-state index in [1.54, 1.807) is 7.11 Å². The fraction of sp³-hybridized carbons (Fsp3) is 0.435. The van der Waals surface area contributed by atoms with Gasteiger partial charge in [0.2, 0.25) is 0 Å². The number of nitrogens with two attached hydrogens (primary N) is 1. The fourth-order valence-electron chi connectivity index (χ4n) is 4.59. The lowest BCUT2D eigenvalue weighted by molar-refractivity contribution is 0.0670. The number of benzene rings is 2. The number of hydrogen-bond donors (Lipinski definition) is 3. The molecule has 0 spiro atoms. The summed E-state index contributed by atoms with van der Waals surface area (Å²) in [5, 5.41) is 0. The Bertz CT molecular complexity index is 831. The molecule has 6 nitrogen and oxygen atoms in total. The van der Waals surface area contributed by atoms with Crippen LogP contribution in [-0.4, -0.2) is 43.6 Å². The maximum absolute atomic E-state index is 12.8. The number of carbonyl (C=O) groups is 1. The van der Waals surface area contributed by atoms with Gasteiger partial charge < -0.3 is 15.4 Å². The Balaban J connectivity index is 1.38. The third-order valence-corrected chi connectivity index (χ3v) is 6.32. The van der Waals surface area contributed by atoms with Crippen LogP contribution in [0.15, 0.2) is 48.5 Å². The molecule has 2 aliphatic heterocycles. The van der Waals surface area contributed by atoms with Crippen molar-refractivity contribution in [2.45, 2.75) is 31.3 Å². The molecule has 0 saturated carbocycles. The molecule has 2 aliphatic rings. The molecular weight excluding hydrogens is 364 g/mol. The van der Waals surface area contributed by atoms with Gasteiger partial charge in [-0.1, -0.05) is 24.3 Å². The molecule has 1 amide bonds. The van der Waals surface area contributed by atoms with Gasteiger partial charge in [0, 0.05) is 43.7 Å². The van der Waals surface area contributed by atoms with Crippen LogP contribution in [0.4, 0.5) is 0 Å². The van der Waals surface area contributed by atoms with Crippen molar-refractivity contribution in [3.8, 4) is 5.75 Å². The van der Waals surface area contributed by atoms with Gasteiger partial charge >= 0.3 is 0 Å². The Morgan fingerprint density at radius 2 is 1.93 bits per heavy atom. The number of methoxy groups -OCH3 is 1. The van der Waals surface area contributed by atoms with Gasteiger partial charge in [-0.2, -0.15) is 0 Å². The lowest BCUT2D eigenvalue weighted by Crippen LogP contribution is -2.45. The molecule has 2 heterocycles. The smallest absolute Gasteiger partial charge is 0.253 e. The van der Waals surface area contributed by atoms with E-state index in [0.29, 0.717) is 24.4 Å². The van der Waals surface area contributed by atoms with E-state index >= 15 is 0 Å². The number of nitrogens with one attached hydrogen (secondary N) is 2. The summed E-state index contributed by atoms with van der Waals surface area (Å²) in [6.07, 6.45) is 2.01. The summed E-state index contributed by atoms with van der Waals surface area (Å²) in [6.45, 7) is 3.00. The van der Waals surface area contributed by atoms with Crippen molar-refractivity contribution >= 4 is 5.91 Å². The van der Waals surface area contributed by atoms with Crippen LogP contribution in [0.2, 0.25) is 0 Å². The first-order valence-corrected chi connectivity index (χ1v) is 10.4. The Hall–Kier alpha value is -2.41. The first kappa shape index (κ1) is 19.9. The molecule has 2 fully saturated rings. The van der Waals surface area contributed by atoms with Gasteiger partial charge in [0.05, 0.1) is 7.11 Å². The molecule has 0 bridgehead atoms. The van der Waals surface area contributed by atoms with Gasteiger partial charge in [-0.15, -0.1) is 0 Å².